The molecule has 0 aliphatic carbocycles. The van der Waals surface area contributed by atoms with E-state index in [-0.39, 0.29) is 0 Å². The van der Waals surface area contributed by atoms with Crippen molar-refractivity contribution in [3.05, 3.63) is 30.2 Å². The van der Waals surface area contributed by atoms with E-state index in [1.807, 2.05) is 18.3 Å². The molecule has 24 heavy (non-hydrogen) atoms. The van der Waals surface area contributed by atoms with Crippen LogP contribution in [0.3, 0.4) is 0 Å². The third kappa shape index (κ3) is 4.48. The zero-order valence-electron chi connectivity index (χ0n) is 15.0. The average Bonchev–Trinajstić information content (AvgIpc) is 3.22. The molecule has 0 aromatic carbocycles. The Morgan fingerprint density at radius 1 is 1.33 bits per heavy atom. The second kappa shape index (κ2) is 8.49. The van der Waals surface area contributed by atoms with Gasteiger partial charge in [-0.05, 0) is 58.0 Å². The Kier molecular flexibility index (Phi) is 6.10. The fourth-order valence-electron chi connectivity index (χ4n) is 3.32. The predicted molar refractivity (Wildman–Crippen MR) is 97.8 cm³/mol. The molecule has 0 saturated carbocycles. The molecule has 3 rings (SSSR count). The first-order chi connectivity index (χ1) is 11.8. The molecule has 0 radical (unpaired) electrons. The van der Waals surface area contributed by atoms with Gasteiger partial charge in [-0.25, -0.2) is 4.98 Å². The Balaban J connectivity index is 1.61. The first kappa shape index (κ1) is 17.2. The van der Waals surface area contributed by atoms with Gasteiger partial charge in [0.2, 0.25) is 0 Å². The fourth-order valence-corrected chi connectivity index (χ4v) is 3.32. The Morgan fingerprint density at radius 3 is 2.96 bits per heavy atom. The summed E-state index contributed by atoms with van der Waals surface area (Å²) in [6.07, 6.45) is 8.91. The van der Waals surface area contributed by atoms with Gasteiger partial charge in [-0.1, -0.05) is 6.92 Å². The molecule has 3 heterocycles. The Morgan fingerprint density at radius 2 is 2.17 bits per heavy atom. The van der Waals surface area contributed by atoms with Gasteiger partial charge in [0.25, 0.3) is 0 Å². The maximum Gasteiger partial charge on any atom is 0.179 e. The molecule has 1 N–H and O–H groups in total. The van der Waals surface area contributed by atoms with Crippen molar-refractivity contribution in [2.75, 3.05) is 32.8 Å². The van der Waals surface area contributed by atoms with Crippen molar-refractivity contribution >= 4 is 5.65 Å². The minimum atomic E-state index is 0.439. The maximum absolute atomic E-state index is 6.02. The lowest BCUT2D eigenvalue weighted by molar-refractivity contribution is 0.239. The zero-order valence-corrected chi connectivity index (χ0v) is 15.0. The number of fused-ring (bicyclic) bond motifs is 1. The van der Waals surface area contributed by atoms with Crippen LogP contribution in [0.2, 0.25) is 0 Å². The molecule has 0 bridgehead atoms. The molecule has 132 valence electrons. The third-order valence-corrected chi connectivity index (χ3v) is 4.62. The molecule has 1 aliphatic rings. The molecule has 1 aliphatic heterocycles. The van der Waals surface area contributed by atoms with Crippen molar-refractivity contribution in [1.29, 1.82) is 0 Å². The van der Waals surface area contributed by atoms with Gasteiger partial charge in [0.1, 0.15) is 6.61 Å². The molecule has 1 unspecified atom stereocenters. The number of pyridine rings is 1. The van der Waals surface area contributed by atoms with E-state index in [4.69, 9.17) is 9.72 Å². The van der Waals surface area contributed by atoms with E-state index in [1.54, 1.807) is 0 Å². The van der Waals surface area contributed by atoms with Gasteiger partial charge >= 0.3 is 0 Å². The molecule has 2 aromatic heterocycles. The van der Waals surface area contributed by atoms with Crippen LogP contribution < -0.4 is 10.1 Å². The topological polar surface area (TPSA) is 41.8 Å². The van der Waals surface area contributed by atoms with Crippen LogP contribution in [0, 0.1) is 0 Å². The summed E-state index contributed by atoms with van der Waals surface area (Å²) in [4.78, 5) is 7.27. The normalized spacial score (nSPS) is 16.8. The van der Waals surface area contributed by atoms with Gasteiger partial charge < -0.3 is 14.5 Å². The fraction of sp³-hybridized carbons (Fsp3) is 0.632. The molecular weight excluding hydrogens is 300 g/mol. The molecule has 5 heteroatoms. The van der Waals surface area contributed by atoms with Crippen LogP contribution in [-0.2, 0) is 6.42 Å². The highest BCUT2D eigenvalue weighted by Gasteiger charge is 2.13. The number of ether oxygens (including phenoxy) is 1. The highest BCUT2D eigenvalue weighted by molar-refractivity contribution is 5.54. The van der Waals surface area contributed by atoms with Gasteiger partial charge in [-0.3, -0.25) is 4.90 Å². The quantitative estimate of drug-likeness (QED) is 0.768. The zero-order chi connectivity index (χ0) is 16.8. The highest BCUT2D eigenvalue weighted by atomic mass is 16.5. The number of rotatable bonds is 9. The monoisotopic (exact) mass is 330 g/mol. The molecule has 1 saturated heterocycles. The predicted octanol–water partition coefficient (Wildman–Crippen LogP) is 2.74. The summed E-state index contributed by atoms with van der Waals surface area (Å²) in [6.45, 7) is 9.62. The van der Waals surface area contributed by atoms with E-state index >= 15 is 0 Å². The summed E-state index contributed by atoms with van der Waals surface area (Å²) in [5.41, 5.74) is 2.04. The van der Waals surface area contributed by atoms with Gasteiger partial charge in [-0.15, -0.1) is 0 Å². The van der Waals surface area contributed by atoms with E-state index in [0.717, 1.165) is 49.6 Å². The van der Waals surface area contributed by atoms with E-state index in [2.05, 4.69) is 34.7 Å². The van der Waals surface area contributed by atoms with E-state index in [0.29, 0.717) is 6.04 Å². The molecule has 1 fully saturated rings. The van der Waals surface area contributed by atoms with Gasteiger partial charge in [0, 0.05) is 31.4 Å². The van der Waals surface area contributed by atoms with Gasteiger partial charge in [0.15, 0.2) is 11.4 Å². The smallest absolute Gasteiger partial charge is 0.179 e. The van der Waals surface area contributed by atoms with Crippen molar-refractivity contribution in [2.24, 2.45) is 0 Å². The molecule has 5 nitrogen and oxygen atoms in total. The van der Waals surface area contributed by atoms with Crippen LogP contribution in [-0.4, -0.2) is 53.1 Å². The van der Waals surface area contributed by atoms with Crippen molar-refractivity contribution < 1.29 is 4.74 Å². The van der Waals surface area contributed by atoms with Crippen LogP contribution in [0.4, 0.5) is 0 Å². The molecule has 1 atom stereocenters. The number of aromatic nitrogens is 2. The van der Waals surface area contributed by atoms with Crippen LogP contribution in [0.25, 0.3) is 5.65 Å². The first-order valence-electron chi connectivity index (χ1n) is 9.31. The lowest BCUT2D eigenvalue weighted by Crippen LogP contribution is -2.28. The summed E-state index contributed by atoms with van der Waals surface area (Å²) < 4.78 is 8.10. The minimum absolute atomic E-state index is 0.439. The lowest BCUT2D eigenvalue weighted by atomic mass is 10.2. The van der Waals surface area contributed by atoms with Crippen molar-refractivity contribution in [3.63, 3.8) is 0 Å². The second-order valence-electron chi connectivity index (χ2n) is 6.79. The number of imidazole rings is 1. The largest absolute Gasteiger partial charge is 0.488 e. The van der Waals surface area contributed by atoms with Gasteiger partial charge in [-0.2, -0.15) is 0 Å². The summed E-state index contributed by atoms with van der Waals surface area (Å²) in [6, 6.07) is 4.49. The average molecular weight is 330 g/mol. The van der Waals surface area contributed by atoms with Gasteiger partial charge in [0.05, 0.1) is 5.69 Å². The van der Waals surface area contributed by atoms with Crippen molar-refractivity contribution in [2.45, 2.75) is 45.6 Å². The van der Waals surface area contributed by atoms with Crippen LogP contribution in [0.5, 0.6) is 5.75 Å². The Bertz CT molecular complexity index is 633. The summed E-state index contributed by atoms with van der Waals surface area (Å²) in [5.74, 6) is 0.886. The van der Waals surface area contributed by atoms with E-state index in [1.165, 1.54) is 25.9 Å². The standard InChI is InChI=1S/C19H30N4O/c1-3-8-20-16(2)14-17-15-23-11-6-7-18(19(23)21-17)24-13-12-22-9-4-5-10-22/h6-7,11,15-16,20H,3-5,8-10,12-14H2,1-2H3. The van der Waals surface area contributed by atoms with Crippen LogP contribution >= 0.6 is 0 Å². The second-order valence-corrected chi connectivity index (χ2v) is 6.79. The van der Waals surface area contributed by atoms with Crippen LogP contribution in [0.15, 0.2) is 24.5 Å². The van der Waals surface area contributed by atoms with Crippen LogP contribution in [0.1, 0.15) is 38.8 Å². The number of nitrogens with one attached hydrogen (secondary N) is 1. The number of hydrogen-bond acceptors (Lipinski definition) is 4. The van der Waals surface area contributed by atoms with Crippen molar-refractivity contribution in [3.8, 4) is 5.75 Å². The van der Waals surface area contributed by atoms with E-state index < -0.39 is 0 Å². The maximum atomic E-state index is 6.02. The Hall–Kier alpha value is -1.59. The first-order valence-corrected chi connectivity index (χ1v) is 9.31. The number of likely N-dealkylation sites (tertiary alicyclic amines) is 1. The minimum Gasteiger partial charge on any atom is -0.488 e. The SMILES string of the molecule is CCCNC(C)Cc1cn2cccc(OCCN3CCCC3)c2n1. The van der Waals surface area contributed by atoms with E-state index in [9.17, 15) is 0 Å². The number of hydrogen-bond donors (Lipinski definition) is 1. The highest BCUT2D eigenvalue weighted by Crippen LogP contribution is 2.20. The third-order valence-electron chi connectivity index (χ3n) is 4.62. The summed E-state index contributed by atoms with van der Waals surface area (Å²) in [7, 11) is 0. The molecular formula is C19H30N4O. The summed E-state index contributed by atoms with van der Waals surface area (Å²) >= 11 is 0. The Labute approximate surface area is 145 Å². The summed E-state index contributed by atoms with van der Waals surface area (Å²) in [5, 5.41) is 3.52. The molecule has 0 spiro atoms. The molecule has 2 aromatic rings. The molecule has 0 amide bonds. The lowest BCUT2D eigenvalue weighted by Gasteiger charge is -2.15. The number of nitrogens with zero attached hydrogens (tertiary/aromatic N) is 3. The van der Waals surface area contributed by atoms with Crippen molar-refractivity contribution in [1.82, 2.24) is 19.6 Å².